The number of aromatic nitrogens is 1. The predicted molar refractivity (Wildman–Crippen MR) is 98.5 cm³/mol. The van der Waals surface area contributed by atoms with Crippen LogP contribution in [0, 0.1) is 5.41 Å². The van der Waals surface area contributed by atoms with E-state index in [9.17, 15) is 9.59 Å². The van der Waals surface area contributed by atoms with Crippen LogP contribution >= 0.6 is 0 Å². The van der Waals surface area contributed by atoms with E-state index in [1.54, 1.807) is 26.4 Å². The van der Waals surface area contributed by atoms with E-state index in [0.29, 0.717) is 6.42 Å². The predicted octanol–water partition coefficient (Wildman–Crippen LogP) is 1.89. The van der Waals surface area contributed by atoms with Gasteiger partial charge in [-0.15, -0.1) is 0 Å². The highest BCUT2D eigenvalue weighted by Gasteiger charge is 2.41. The van der Waals surface area contributed by atoms with Gasteiger partial charge in [0.25, 0.3) is 5.91 Å². The Labute approximate surface area is 155 Å². The van der Waals surface area contributed by atoms with Crippen LogP contribution in [0.25, 0.3) is 0 Å². The van der Waals surface area contributed by atoms with Crippen molar-refractivity contribution in [2.24, 2.45) is 5.41 Å². The van der Waals surface area contributed by atoms with Gasteiger partial charge in [0, 0.05) is 52.1 Å². The summed E-state index contributed by atoms with van der Waals surface area (Å²) in [6, 6.07) is 4.01. The number of piperidine rings is 2. The van der Waals surface area contributed by atoms with Gasteiger partial charge in [-0.2, -0.15) is 0 Å². The molecule has 1 spiro atoms. The molecule has 0 radical (unpaired) electrons. The van der Waals surface area contributed by atoms with E-state index in [1.165, 1.54) is 5.56 Å². The maximum Gasteiger partial charge on any atom is 0.251 e. The van der Waals surface area contributed by atoms with Gasteiger partial charge in [-0.3, -0.25) is 14.6 Å². The van der Waals surface area contributed by atoms with Crippen molar-refractivity contribution in [3.05, 3.63) is 30.1 Å². The quantitative estimate of drug-likeness (QED) is 0.805. The van der Waals surface area contributed by atoms with Crippen molar-refractivity contribution in [1.29, 1.82) is 0 Å². The van der Waals surface area contributed by atoms with E-state index in [0.717, 1.165) is 51.9 Å². The van der Waals surface area contributed by atoms with Crippen LogP contribution in [0.2, 0.25) is 0 Å². The molecule has 2 aliphatic rings. The topological polar surface area (TPSA) is 62.7 Å². The SMILES string of the molecule is COC(C)C(=O)N1CCC2(CCC(=O)N(CCc3ccncc3)C2)CC1. The molecule has 2 fully saturated rings. The summed E-state index contributed by atoms with van der Waals surface area (Å²) in [6.07, 6.45) is 7.57. The van der Waals surface area contributed by atoms with Crippen LogP contribution in [0.4, 0.5) is 0 Å². The van der Waals surface area contributed by atoms with Crippen molar-refractivity contribution in [3.8, 4) is 0 Å². The summed E-state index contributed by atoms with van der Waals surface area (Å²) in [5.41, 5.74) is 1.38. The summed E-state index contributed by atoms with van der Waals surface area (Å²) in [7, 11) is 1.57. The number of amides is 2. The Balaban J connectivity index is 1.56. The zero-order valence-electron chi connectivity index (χ0n) is 15.8. The van der Waals surface area contributed by atoms with Crippen LogP contribution in [0.3, 0.4) is 0 Å². The monoisotopic (exact) mass is 359 g/mol. The molecule has 1 aromatic rings. The minimum absolute atomic E-state index is 0.0729. The molecule has 0 N–H and O–H groups in total. The van der Waals surface area contributed by atoms with Gasteiger partial charge in [0.2, 0.25) is 5.91 Å². The third-order valence-corrected chi connectivity index (χ3v) is 6.01. The van der Waals surface area contributed by atoms with E-state index in [-0.39, 0.29) is 23.3 Å². The molecule has 1 atom stereocenters. The smallest absolute Gasteiger partial charge is 0.251 e. The molecule has 2 amide bonds. The minimum Gasteiger partial charge on any atom is -0.372 e. The number of pyridine rings is 1. The molecule has 0 aromatic carbocycles. The van der Waals surface area contributed by atoms with E-state index in [4.69, 9.17) is 4.74 Å². The van der Waals surface area contributed by atoms with E-state index in [2.05, 4.69) is 4.98 Å². The molecule has 0 saturated carbocycles. The lowest BCUT2D eigenvalue weighted by Crippen LogP contribution is -2.53. The molecule has 142 valence electrons. The van der Waals surface area contributed by atoms with Gasteiger partial charge in [0.1, 0.15) is 6.10 Å². The Morgan fingerprint density at radius 3 is 2.62 bits per heavy atom. The second-order valence-corrected chi connectivity index (χ2v) is 7.62. The number of hydrogen-bond acceptors (Lipinski definition) is 4. The number of methoxy groups -OCH3 is 1. The third kappa shape index (κ3) is 4.23. The van der Waals surface area contributed by atoms with Gasteiger partial charge in [-0.1, -0.05) is 0 Å². The number of rotatable bonds is 5. The first-order valence-corrected chi connectivity index (χ1v) is 9.51. The second-order valence-electron chi connectivity index (χ2n) is 7.62. The second kappa shape index (κ2) is 8.16. The molecule has 3 heterocycles. The fourth-order valence-corrected chi connectivity index (χ4v) is 4.09. The summed E-state index contributed by atoms with van der Waals surface area (Å²) in [6.45, 7) is 4.90. The Morgan fingerprint density at radius 2 is 1.96 bits per heavy atom. The van der Waals surface area contributed by atoms with Crippen molar-refractivity contribution < 1.29 is 14.3 Å². The van der Waals surface area contributed by atoms with Crippen LogP contribution in [-0.4, -0.2) is 66.0 Å². The fourth-order valence-electron chi connectivity index (χ4n) is 4.09. The van der Waals surface area contributed by atoms with Crippen LogP contribution in [0.1, 0.15) is 38.2 Å². The summed E-state index contributed by atoms with van der Waals surface area (Å²) >= 11 is 0. The average Bonchev–Trinajstić information content (AvgIpc) is 2.69. The van der Waals surface area contributed by atoms with Crippen molar-refractivity contribution >= 4 is 11.8 Å². The summed E-state index contributed by atoms with van der Waals surface area (Å²) in [5, 5.41) is 0. The number of likely N-dealkylation sites (tertiary alicyclic amines) is 2. The number of nitrogens with zero attached hydrogens (tertiary/aromatic N) is 3. The highest BCUT2D eigenvalue weighted by Crippen LogP contribution is 2.40. The Hall–Kier alpha value is -1.95. The van der Waals surface area contributed by atoms with E-state index in [1.807, 2.05) is 21.9 Å². The highest BCUT2D eigenvalue weighted by molar-refractivity contribution is 5.80. The van der Waals surface area contributed by atoms with E-state index < -0.39 is 0 Å². The van der Waals surface area contributed by atoms with Crippen molar-refractivity contribution in [3.63, 3.8) is 0 Å². The summed E-state index contributed by atoms with van der Waals surface area (Å²) in [4.78, 5) is 32.7. The zero-order chi connectivity index (χ0) is 18.6. The Morgan fingerprint density at radius 1 is 1.27 bits per heavy atom. The lowest BCUT2D eigenvalue weighted by Gasteiger charge is -2.47. The fraction of sp³-hybridized carbons (Fsp3) is 0.650. The maximum absolute atomic E-state index is 12.4. The molecule has 6 heteroatoms. The van der Waals surface area contributed by atoms with Gasteiger partial charge in [-0.05, 0) is 55.7 Å². The van der Waals surface area contributed by atoms with Crippen LogP contribution in [-0.2, 0) is 20.7 Å². The van der Waals surface area contributed by atoms with Crippen molar-refractivity contribution in [2.45, 2.75) is 45.1 Å². The first kappa shape index (κ1) is 18.8. The third-order valence-electron chi connectivity index (χ3n) is 6.01. The van der Waals surface area contributed by atoms with Gasteiger partial charge in [0.15, 0.2) is 0 Å². The lowest BCUT2D eigenvalue weighted by molar-refractivity contribution is -0.147. The number of hydrogen-bond donors (Lipinski definition) is 0. The van der Waals surface area contributed by atoms with Crippen LogP contribution in [0.15, 0.2) is 24.5 Å². The van der Waals surface area contributed by atoms with Gasteiger partial charge < -0.3 is 14.5 Å². The normalized spacial score (nSPS) is 21.1. The van der Waals surface area contributed by atoms with Crippen LogP contribution in [0.5, 0.6) is 0 Å². The highest BCUT2D eigenvalue weighted by atomic mass is 16.5. The molecule has 3 rings (SSSR count). The lowest BCUT2D eigenvalue weighted by atomic mass is 9.72. The molecular weight excluding hydrogens is 330 g/mol. The Bertz CT molecular complexity index is 626. The maximum atomic E-state index is 12.4. The molecule has 0 bridgehead atoms. The number of ether oxygens (including phenoxy) is 1. The van der Waals surface area contributed by atoms with Crippen molar-refractivity contribution in [1.82, 2.24) is 14.8 Å². The summed E-state index contributed by atoms with van der Waals surface area (Å²) < 4.78 is 5.16. The van der Waals surface area contributed by atoms with Crippen LogP contribution < -0.4 is 0 Å². The number of carbonyl (C=O) groups is 2. The Kier molecular flexibility index (Phi) is 5.91. The molecule has 2 saturated heterocycles. The molecule has 2 aliphatic heterocycles. The molecular formula is C20H29N3O3. The molecule has 0 aliphatic carbocycles. The van der Waals surface area contributed by atoms with Gasteiger partial charge in [-0.25, -0.2) is 0 Å². The zero-order valence-corrected chi connectivity index (χ0v) is 15.8. The van der Waals surface area contributed by atoms with Crippen molar-refractivity contribution in [2.75, 3.05) is 33.3 Å². The average molecular weight is 359 g/mol. The molecule has 1 unspecified atom stereocenters. The number of carbonyl (C=O) groups excluding carboxylic acids is 2. The molecule has 26 heavy (non-hydrogen) atoms. The molecule has 6 nitrogen and oxygen atoms in total. The van der Waals surface area contributed by atoms with E-state index >= 15 is 0 Å². The standard InChI is InChI=1S/C20H29N3O3/c1-16(26-2)19(25)22-13-8-20(9-14-22)7-3-18(24)23(15-20)12-6-17-4-10-21-11-5-17/h4-5,10-11,16H,3,6-9,12-15H2,1-2H3. The first-order valence-electron chi connectivity index (χ1n) is 9.51. The largest absolute Gasteiger partial charge is 0.372 e. The van der Waals surface area contributed by atoms with Gasteiger partial charge >= 0.3 is 0 Å². The first-order chi connectivity index (χ1) is 12.5. The van der Waals surface area contributed by atoms with Gasteiger partial charge in [0.05, 0.1) is 0 Å². The molecule has 1 aromatic heterocycles. The minimum atomic E-state index is -0.381. The summed E-state index contributed by atoms with van der Waals surface area (Å²) in [5.74, 6) is 0.333.